The quantitative estimate of drug-likeness (QED) is 0.495. The van der Waals surface area contributed by atoms with E-state index in [9.17, 15) is 13.2 Å². The number of nitrogens with zero attached hydrogens (tertiary/aromatic N) is 1. The molecule has 0 atom stereocenters. The van der Waals surface area contributed by atoms with Crippen LogP contribution >= 0.6 is 0 Å². The lowest BCUT2D eigenvalue weighted by Crippen LogP contribution is -2.30. The van der Waals surface area contributed by atoms with Gasteiger partial charge in [-0.15, -0.1) is 0 Å². The molecule has 148 valence electrons. The zero-order valence-corrected chi connectivity index (χ0v) is 17.6. The Hall–Kier alpha value is -1.36. The van der Waals surface area contributed by atoms with Gasteiger partial charge in [0.2, 0.25) is 0 Å². The van der Waals surface area contributed by atoms with Crippen LogP contribution in [0.2, 0.25) is 0 Å². The van der Waals surface area contributed by atoms with Gasteiger partial charge in [0.05, 0.1) is 10.5 Å². The van der Waals surface area contributed by atoms with Crippen molar-refractivity contribution in [3.05, 3.63) is 30.3 Å². The van der Waals surface area contributed by atoms with E-state index in [1.54, 1.807) is 20.8 Å². The number of unbranched alkanes of at least 4 members (excludes halogenated alkanes) is 2. The van der Waals surface area contributed by atoms with Gasteiger partial charge in [-0.25, -0.2) is 8.42 Å². The van der Waals surface area contributed by atoms with Gasteiger partial charge < -0.3 is 4.90 Å². The summed E-state index contributed by atoms with van der Waals surface area (Å²) in [6.45, 7) is 9.15. The lowest BCUT2D eigenvalue weighted by Gasteiger charge is -2.22. The normalized spacial score (nSPS) is 12.2. The van der Waals surface area contributed by atoms with E-state index in [2.05, 4.69) is 24.0 Å². The molecular weight excluding hydrogens is 346 g/mol. The third kappa shape index (κ3) is 7.90. The van der Waals surface area contributed by atoms with E-state index in [4.69, 9.17) is 0 Å². The Bertz CT molecular complexity index is 633. The van der Waals surface area contributed by atoms with Crippen LogP contribution in [0.4, 0.5) is 5.69 Å². The van der Waals surface area contributed by atoms with Gasteiger partial charge in [-0.05, 0) is 59.1 Å². The predicted octanol–water partition coefficient (Wildman–Crippen LogP) is 4.64. The number of hydrogen-bond acceptors (Lipinski definition) is 4. The van der Waals surface area contributed by atoms with Gasteiger partial charge in [0, 0.05) is 31.6 Å². The van der Waals surface area contributed by atoms with Crippen molar-refractivity contribution < 1.29 is 13.2 Å². The van der Waals surface area contributed by atoms with E-state index in [0.717, 1.165) is 32.4 Å². The van der Waals surface area contributed by atoms with Crippen LogP contribution in [0, 0.1) is 0 Å². The van der Waals surface area contributed by atoms with Gasteiger partial charge in [0.15, 0.2) is 9.84 Å². The van der Waals surface area contributed by atoms with Gasteiger partial charge in [-0.1, -0.05) is 24.6 Å². The van der Waals surface area contributed by atoms with Crippen molar-refractivity contribution >= 4 is 21.3 Å². The largest absolute Gasteiger partial charge is 0.372 e. The summed E-state index contributed by atoms with van der Waals surface area (Å²) in [5.74, 6) is 0.500. The standard InChI is InChI=1S/C21H35NO3S/c1-5-22(19-13-8-6-9-14-19)17-12-16-20(23)15-10-7-11-18-26(24,25)21(2,3)4/h6,8-9,13-14H,5,7,10-12,15-18H2,1-4H3. The fourth-order valence-electron chi connectivity index (χ4n) is 2.80. The summed E-state index contributed by atoms with van der Waals surface area (Å²) in [6, 6.07) is 10.3. The smallest absolute Gasteiger partial charge is 0.155 e. The molecule has 1 aromatic rings. The summed E-state index contributed by atoms with van der Waals surface area (Å²) < 4.78 is 23.4. The highest BCUT2D eigenvalue weighted by Crippen LogP contribution is 2.18. The molecular formula is C21H35NO3S. The van der Waals surface area contributed by atoms with Crippen LogP contribution in [-0.2, 0) is 14.6 Å². The molecule has 0 bridgehead atoms. The molecule has 5 heteroatoms. The van der Waals surface area contributed by atoms with Gasteiger partial charge in [-0.3, -0.25) is 4.79 Å². The van der Waals surface area contributed by atoms with Crippen molar-refractivity contribution in [1.29, 1.82) is 0 Å². The first-order valence-electron chi connectivity index (χ1n) is 9.71. The van der Waals surface area contributed by atoms with Crippen LogP contribution in [0.15, 0.2) is 30.3 Å². The van der Waals surface area contributed by atoms with E-state index in [1.165, 1.54) is 5.69 Å². The van der Waals surface area contributed by atoms with Crippen LogP contribution < -0.4 is 4.90 Å². The van der Waals surface area contributed by atoms with Crippen LogP contribution in [0.25, 0.3) is 0 Å². The van der Waals surface area contributed by atoms with Crippen LogP contribution in [-0.4, -0.2) is 37.8 Å². The highest BCUT2D eigenvalue weighted by Gasteiger charge is 2.27. The van der Waals surface area contributed by atoms with Crippen molar-refractivity contribution in [3.63, 3.8) is 0 Å². The van der Waals surface area contributed by atoms with E-state index < -0.39 is 14.6 Å². The van der Waals surface area contributed by atoms with Crippen molar-refractivity contribution in [2.45, 2.75) is 71.0 Å². The van der Waals surface area contributed by atoms with Gasteiger partial charge in [0.25, 0.3) is 0 Å². The molecule has 1 rings (SSSR count). The van der Waals surface area contributed by atoms with Crippen molar-refractivity contribution in [2.75, 3.05) is 23.7 Å². The second-order valence-corrected chi connectivity index (χ2v) is 10.7. The average molecular weight is 382 g/mol. The molecule has 0 unspecified atom stereocenters. The van der Waals surface area contributed by atoms with Gasteiger partial charge in [0.1, 0.15) is 5.78 Å². The molecule has 0 aliphatic heterocycles. The number of carbonyl (C=O) groups is 1. The number of carbonyl (C=O) groups excluding carboxylic acids is 1. The molecule has 0 saturated carbocycles. The Kier molecular flexibility index (Phi) is 9.34. The summed E-state index contributed by atoms with van der Waals surface area (Å²) in [7, 11) is -3.04. The number of Topliss-reactive ketones (excluding diaryl/α,β-unsaturated/α-hetero) is 1. The lowest BCUT2D eigenvalue weighted by molar-refractivity contribution is -0.119. The molecule has 26 heavy (non-hydrogen) atoms. The topological polar surface area (TPSA) is 54.5 Å². The Balaban J connectivity index is 2.19. The molecule has 0 aliphatic rings. The first-order chi connectivity index (χ1) is 12.2. The fourth-order valence-corrected chi connectivity index (χ4v) is 3.99. The summed E-state index contributed by atoms with van der Waals surface area (Å²) in [6.07, 6.45) is 4.25. The second kappa shape index (κ2) is 10.7. The van der Waals surface area contributed by atoms with Crippen molar-refractivity contribution in [2.24, 2.45) is 0 Å². The molecule has 0 spiro atoms. The van der Waals surface area contributed by atoms with Crippen molar-refractivity contribution in [3.8, 4) is 0 Å². The zero-order valence-electron chi connectivity index (χ0n) is 16.8. The Morgan fingerprint density at radius 2 is 1.58 bits per heavy atom. The minimum absolute atomic E-state index is 0.216. The van der Waals surface area contributed by atoms with E-state index in [1.807, 2.05) is 18.2 Å². The first-order valence-corrected chi connectivity index (χ1v) is 11.4. The summed E-state index contributed by atoms with van der Waals surface area (Å²) in [4.78, 5) is 14.3. The highest BCUT2D eigenvalue weighted by molar-refractivity contribution is 7.92. The molecule has 0 aliphatic carbocycles. The van der Waals surface area contributed by atoms with Crippen molar-refractivity contribution in [1.82, 2.24) is 0 Å². The van der Waals surface area contributed by atoms with E-state index >= 15 is 0 Å². The number of hydrogen-bond donors (Lipinski definition) is 0. The third-order valence-electron chi connectivity index (χ3n) is 4.69. The predicted molar refractivity (Wildman–Crippen MR) is 111 cm³/mol. The highest BCUT2D eigenvalue weighted by atomic mass is 32.2. The molecule has 0 heterocycles. The molecule has 0 amide bonds. The van der Waals surface area contributed by atoms with Crippen LogP contribution in [0.5, 0.6) is 0 Å². The Labute approximate surface area is 159 Å². The number of benzene rings is 1. The Morgan fingerprint density at radius 3 is 2.15 bits per heavy atom. The average Bonchev–Trinajstić information content (AvgIpc) is 2.58. The molecule has 4 nitrogen and oxygen atoms in total. The van der Waals surface area contributed by atoms with E-state index in [-0.39, 0.29) is 11.5 Å². The van der Waals surface area contributed by atoms with Crippen LogP contribution in [0.1, 0.15) is 66.2 Å². The second-order valence-electron chi connectivity index (χ2n) is 7.80. The monoisotopic (exact) mass is 381 g/mol. The first kappa shape index (κ1) is 22.7. The molecule has 0 aromatic heterocycles. The SMILES string of the molecule is CCN(CCCC(=O)CCCCCS(=O)(=O)C(C)(C)C)c1ccccc1. The molecule has 1 aromatic carbocycles. The fraction of sp³-hybridized carbons (Fsp3) is 0.667. The number of anilines is 1. The zero-order chi connectivity index (χ0) is 19.6. The molecule has 0 N–H and O–H groups in total. The number of para-hydroxylation sites is 1. The molecule has 0 fully saturated rings. The van der Waals surface area contributed by atoms with Crippen LogP contribution in [0.3, 0.4) is 0 Å². The maximum Gasteiger partial charge on any atom is 0.155 e. The van der Waals surface area contributed by atoms with Gasteiger partial charge >= 0.3 is 0 Å². The minimum atomic E-state index is -3.04. The number of rotatable bonds is 12. The summed E-state index contributed by atoms with van der Waals surface area (Å²) in [5, 5.41) is 0. The lowest BCUT2D eigenvalue weighted by atomic mass is 10.1. The van der Waals surface area contributed by atoms with E-state index in [0.29, 0.717) is 19.3 Å². The Morgan fingerprint density at radius 1 is 0.962 bits per heavy atom. The third-order valence-corrected chi connectivity index (χ3v) is 7.38. The maximum absolute atomic E-state index is 12.0. The number of ketones is 1. The molecule has 0 saturated heterocycles. The minimum Gasteiger partial charge on any atom is -0.372 e. The molecule has 0 radical (unpaired) electrons. The maximum atomic E-state index is 12.0. The van der Waals surface area contributed by atoms with Gasteiger partial charge in [-0.2, -0.15) is 0 Å². The summed E-state index contributed by atoms with van der Waals surface area (Å²) >= 11 is 0. The number of sulfone groups is 1. The summed E-state index contributed by atoms with van der Waals surface area (Å²) in [5.41, 5.74) is 1.20.